The Kier molecular flexibility index (Phi) is 2.14. The Bertz CT molecular complexity index is 653. The first-order valence-corrected chi connectivity index (χ1v) is 5.11. The maximum Gasteiger partial charge on any atom is 0.240 e. The number of azo groups is 1. The number of nitrogens with zero attached hydrogens (tertiary/aromatic N) is 3. The number of carbonyl (C=O) groups excluding carboxylic acids is 1. The molecule has 1 heterocycles. The molecule has 0 saturated heterocycles. The number of rotatable bonds is 2. The fraction of sp³-hybridized carbons (Fsp3) is 0. The van der Waals surface area contributed by atoms with E-state index in [9.17, 15) is 4.79 Å². The summed E-state index contributed by atoms with van der Waals surface area (Å²) in [5.74, 6) is 0. The first-order valence-electron chi connectivity index (χ1n) is 5.11. The van der Waals surface area contributed by atoms with Gasteiger partial charge in [0.05, 0.1) is 5.69 Å². The Balaban J connectivity index is 1.98. The number of isocyanates is 1. The molecule has 17 heavy (non-hydrogen) atoms. The second-order valence-corrected chi connectivity index (χ2v) is 3.65. The third-order valence-corrected chi connectivity index (χ3v) is 2.62. The molecule has 0 saturated carbocycles. The van der Waals surface area contributed by atoms with Crippen molar-refractivity contribution in [1.29, 1.82) is 0 Å². The first-order chi connectivity index (χ1) is 8.36. The van der Waals surface area contributed by atoms with E-state index in [-0.39, 0.29) is 0 Å². The molecule has 0 spiro atoms. The van der Waals surface area contributed by atoms with Crippen molar-refractivity contribution in [3.63, 3.8) is 0 Å². The molecule has 4 heteroatoms. The minimum Gasteiger partial charge on any atom is -0.211 e. The van der Waals surface area contributed by atoms with Crippen molar-refractivity contribution < 1.29 is 4.79 Å². The Morgan fingerprint density at radius 2 is 1.59 bits per heavy atom. The van der Waals surface area contributed by atoms with Crippen LogP contribution in [0.3, 0.4) is 0 Å². The van der Waals surface area contributed by atoms with Crippen LogP contribution in [0.25, 0.3) is 11.1 Å². The van der Waals surface area contributed by atoms with Gasteiger partial charge < -0.3 is 0 Å². The molecule has 0 amide bonds. The van der Waals surface area contributed by atoms with E-state index in [2.05, 4.69) is 15.2 Å². The molecule has 1 aliphatic heterocycles. The molecule has 0 aromatic heterocycles. The molecule has 0 unspecified atom stereocenters. The molecule has 4 nitrogen and oxygen atoms in total. The highest BCUT2D eigenvalue weighted by Gasteiger charge is 2.10. The zero-order valence-corrected chi connectivity index (χ0v) is 8.79. The summed E-state index contributed by atoms with van der Waals surface area (Å²) >= 11 is 0. The van der Waals surface area contributed by atoms with Crippen molar-refractivity contribution in [2.45, 2.75) is 0 Å². The van der Waals surface area contributed by atoms with Crippen molar-refractivity contribution in [2.24, 2.45) is 15.2 Å². The summed E-state index contributed by atoms with van der Waals surface area (Å²) < 4.78 is 0. The molecule has 0 radical (unpaired) electrons. The summed E-state index contributed by atoms with van der Waals surface area (Å²) in [5, 5.41) is 7.79. The molecule has 2 aromatic rings. The van der Waals surface area contributed by atoms with Crippen LogP contribution in [-0.2, 0) is 4.79 Å². The van der Waals surface area contributed by atoms with Gasteiger partial charge in [-0.05, 0) is 35.4 Å². The van der Waals surface area contributed by atoms with Gasteiger partial charge in [0.25, 0.3) is 0 Å². The van der Waals surface area contributed by atoms with Crippen molar-refractivity contribution in [3.8, 4) is 11.1 Å². The second-order valence-electron chi connectivity index (χ2n) is 3.65. The maximum absolute atomic E-state index is 10.1. The molecule has 0 N–H and O–H groups in total. The van der Waals surface area contributed by atoms with Gasteiger partial charge in [-0.3, -0.25) is 0 Å². The zero-order chi connectivity index (χ0) is 11.7. The van der Waals surface area contributed by atoms with E-state index in [1.54, 1.807) is 12.1 Å². The second kappa shape index (κ2) is 3.77. The van der Waals surface area contributed by atoms with E-state index in [0.717, 1.165) is 22.5 Å². The van der Waals surface area contributed by atoms with Gasteiger partial charge in [-0.15, -0.1) is 10.2 Å². The summed E-state index contributed by atoms with van der Waals surface area (Å²) in [6.45, 7) is 0. The third-order valence-electron chi connectivity index (χ3n) is 2.62. The zero-order valence-electron chi connectivity index (χ0n) is 8.79. The van der Waals surface area contributed by atoms with Crippen LogP contribution in [-0.4, -0.2) is 6.08 Å². The standard InChI is InChI=1S/C13H7N3O/c17-8-14-11-4-1-9(2-5-11)10-3-6-12-13(7-10)16-15-12/h1-7H. The Labute approximate surface area is 97.4 Å². The highest BCUT2D eigenvalue weighted by Crippen LogP contribution is 2.40. The Morgan fingerprint density at radius 1 is 0.882 bits per heavy atom. The molecular weight excluding hydrogens is 214 g/mol. The van der Waals surface area contributed by atoms with Crippen LogP contribution in [0.2, 0.25) is 0 Å². The largest absolute Gasteiger partial charge is 0.240 e. The van der Waals surface area contributed by atoms with Gasteiger partial charge in [-0.1, -0.05) is 18.2 Å². The average molecular weight is 221 g/mol. The van der Waals surface area contributed by atoms with Crippen molar-refractivity contribution in [3.05, 3.63) is 42.5 Å². The van der Waals surface area contributed by atoms with Crippen LogP contribution in [0.4, 0.5) is 17.1 Å². The topological polar surface area (TPSA) is 54.1 Å². The fourth-order valence-electron chi connectivity index (χ4n) is 1.71. The fourth-order valence-corrected chi connectivity index (χ4v) is 1.71. The lowest BCUT2D eigenvalue weighted by Crippen LogP contribution is -1.81. The van der Waals surface area contributed by atoms with Crippen molar-refractivity contribution in [1.82, 2.24) is 0 Å². The van der Waals surface area contributed by atoms with E-state index in [0.29, 0.717) is 5.69 Å². The van der Waals surface area contributed by atoms with E-state index >= 15 is 0 Å². The number of hydrogen-bond donors (Lipinski definition) is 0. The van der Waals surface area contributed by atoms with Gasteiger partial charge >= 0.3 is 0 Å². The lowest BCUT2D eigenvalue weighted by molar-refractivity contribution is 0.565. The summed E-state index contributed by atoms with van der Waals surface area (Å²) in [4.78, 5) is 13.6. The predicted octanol–water partition coefficient (Wildman–Crippen LogP) is 4.05. The van der Waals surface area contributed by atoms with Gasteiger partial charge in [0.15, 0.2) is 0 Å². The molecule has 2 aromatic carbocycles. The molecule has 80 valence electrons. The number of fused-ring (bicyclic) bond motifs is 1. The Hall–Kier alpha value is -2.58. The molecule has 3 rings (SSSR count). The monoisotopic (exact) mass is 221 g/mol. The summed E-state index contributed by atoms with van der Waals surface area (Å²) in [5.41, 5.74) is 4.57. The molecular formula is C13H7N3O. The summed E-state index contributed by atoms with van der Waals surface area (Å²) in [7, 11) is 0. The van der Waals surface area contributed by atoms with Crippen LogP contribution in [0.1, 0.15) is 0 Å². The van der Waals surface area contributed by atoms with E-state index in [4.69, 9.17) is 0 Å². The van der Waals surface area contributed by atoms with Gasteiger partial charge in [-0.25, -0.2) is 4.79 Å². The van der Waals surface area contributed by atoms with Crippen molar-refractivity contribution >= 4 is 23.1 Å². The highest BCUT2D eigenvalue weighted by atomic mass is 16.1. The number of hydrogen-bond acceptors (Lipinski definition) is 4. The van der Waals surface area contributed by atoms with Crippen LogP contribution in [0, 0.1) is 0 Å². The van der Waals surface area contributed by atoms with Crippen LogP contribution >= 0.6 is 0 Å². The molecule has 0 aliphatic carbocycles. The molecule has 1 aliphatic rings. The van der Waals surface area contributed by atoms with Crippen LogP contribution < -0.4 is 0 Å². The maximum atomic E-state index is 10.1. The minimum absolute atomic E-state index is 0.604. The third kappa shape index (κ3) is 1.67. The molecule has 0 fully saturated rings. The lowest BCUT2D eigenvalue weighted by atomic mass is 10.0. The van der Waals surface area contributed by atoms with Gasteiger partial charge in [0, 0.05) is 0 Å². The molecule has 0 bridgehead atoms. The van der Waals surface area contributed by atoms with E-state index in [1.807, 2.05) is 30.3 Å². The van der Waals surface area contributed by atoms with Gasteiger partial charge in [-0.2, -0.15) is 4.99 Å². The van der Waals surface area contributed by atoms with Crippen LogP contribution in [0.15, 0.2) is 57.7 Å². The molecule has 0 atom stereocenters. The van der Waals surface area contributed by atoms with Gasteiger partial charge in [0.2, 0.25) is 6.08 Å². The quantitative estimate of drug-likeness (QED) is 0.475. The normalized spacial score (nSPS) is 11.3. The van der Waals surface area contributed by atoms with Crippen LogP contribution in [0.5, 0.6) is 0 Å². The SMILES string of the molecule is O=C=Nc1ccc(-c2ccc3c(c2)N=N3)cc1. The first kappa shape index (κ1) is 9.63. The van der Waals surface area contributed by atoms with Gasteiger partial charge in [0.1, 0.15) is 11.4 Å². The average Bonchev–Trinajstić information content (AvgIpc) is 2.33. The Morgan fingerprint density at radius 3 is 2.18 bits per heavy atom. The lowest BCUT2D eigenvalue weighted by Gasteiger charge is -2.09. The minimum atomic E-state index is 0.604. The highest BCUT2D eigenvalue weighted by molar-refractivity contribution is 5.76. The number of aliphatic imine (C=N–C) groups is 1. The summed E-state index contributed by atoms with van der Waals surface area (Å²) in [6.07, 6.45) is 1.52. The smallest absolute Gasteiger partial charge is 0.211 e. The predicted molar refractivity (Wildman–Crippen MR) is 63.8 cm³/mol. The number of benzene rings is 2. The summed E-state index contributed by atoms with van der Waals surface area (Å²) in [6, 6.07) is 13.3. The van der Waals surface area contributed by atoms with E-state index in [1.165, 1.54) is 6.08 Å². The van der Waals surface area contributed by atoms with E-state index < -0.39 is 0 Å². The van der Waals surface area contributed by atoms with Crippen molar-refractivity contribution in [2.75, 3.05) is 0 Å².